The number of anilines is 1. The second-order valence-corrected chi connectivity index (χ2v) is 5.85. The SMILES string of the molecule is CC(N)c1ccc(N(CCO)C2CCC2)cc1Br. The average Bonchev–Trinajstić information content (AvgIpc) is 2.25. The number of hydrogen-bond acceptors (Lipinski definition) is 3. The summed E-state index contributed by atoms with van der Waals surface area (Å²) in [7, 11) is 0. The van der Waals surface area contributed by atoms with Gasteiger partial charge in [-0.3, -0.25) is 0 Å². The average molecular weight is 313 g/mol. The number of nitrogens with zero attached hydrogens (tertiary/aromatic N) is 1. The molecule has 2 rings (SSSR count). The number of nitrogens with two attached hydrogens (primary N) is 1. The van der Waals surface area contributed by atoms with E-state index in [2.05, 4.69) is 39.0 Å². The van der Waals surface area contributed by atoms with Gasteiger partial charge in [0, 0.05) is 28.8 Å². The van der Waals surface area contributed by atoms with Gasteiger partial charge in [0.05, 0.1) is 6.61 Å². The molecule has 0 heterocycles. The second-order valence-electron chi connectivity index (χ2n) is 5.00. The van der Waals surface area contributed by atoms with Gasteiger partial charge in [0.1, 0.15) is 0 Å². The van der Waals surface area contributed by atoms with Gasteiger partial charge in [0.25, 0.3) is 0 Å². The topological polar surface area (TPSA) is 49.5 Å². The molecule has 3 N–H and O–H groups in total. The molecule has 1 fully saturated rings. The molecular formula is C14H21BrN2O. The van der Waals surface area contributed by atoms with Gasteiger partial charge < -0.3 is 15.7 Å². The van der Waals surface area contributed by atoms with E-state index >= 15 is 0 Å². The van der Waals surface area contributed by atoms with E-state index in [1.54, 1.807) is 0 Å². The van der Waals surface area contributed by atoms with Crippen LogP contribution in [0.25, 0.3) is 0 Å². The molecular weight excluding hydrogens is 292 g/mol. The highest BCUT2D eigenvalue weighted by Crippen LogP contribution is 2.33. The van der Waals surface area contributed by atoms with Crippen LogP contribution in [-0.2, 0) is 0 Å². The summed E-state index contributed by atoms with van der Waals surface area (Å²) in [6, 6.07) is 6.92. The molecule has 0 aromatic heterocycles. The van der Waals surface area contributed by atoms with E-state index in [4.69, 9.17) is 5.73 Å². The highest BCUT2D eigenvalue weighted by molar-refractivity contribution is 9.10. The maximum absolute atomic E-state index is 9.21. The fourth-order valence-electron chi connectivity index (χ4n) is 2.39. The molecule has 0 amide bonds. The summed E-state index contributed by atoms with van der Waals surface area (Å²) >= 11 is 3.59. The lowest BCUT2D eigenvalue weighted by Gasteiger charge is -2.39. The molecule has 0 spiro atoms. The largest absolute Gasteiger partial charge is 0.395 e. The van der Waals surface area contributed by atoms with Crippen LogP contribution < -0.4 is 10.6 Å². The van der Waals surface area contributed by atoms with Crippen LogP contribution in [0.4, 0.5) is 5.69 Å². The van der Waals surface area contributed by atoms with Gasteiger partial charge in [-0.05, 0) is 43.9 Å². The van der Waals surface area contributed by atoms with Crippen molar-refractivity contribution in [1.29, 1.82) is 0 Å². The van der Waals surface area contributed by atoms with E-state index in [0.29, 0.717) is 12.6 Å². The van der Waals surface area contributed by atoms with Crippen molar-refractivity contribution in [2.75, 3.05) is 18.1 Å². The van der Waals surface area contributed by atoms with Gasteiger partial charge in [0.2, 0.25) is 0 Å². The first-order valence-corrected chi connectivity index (χ1v) is 7.35. The Hall–Kier alpha value is -0.580. The summed E-state index contributed by atoms with van der Waals surface area (Å²) in [5, 5.41) is 9.21. The van der Waals surface area contributed by atoms with E-state index in [-0.39, 0.29) is 12.6 Å². The maximum Gasteiger partial charge on any atom is 0.0606 e. The van der Waals surface area contributed by atoms with Gasteiger partial charge in [-0.2, -0.15) is 0 Å². The number of benzene rings is 1. The first kappa shape index (κ1) is 13.8. The second kappa shape index (κ2) is 6.04. The number of aliphatic hydroxyl groups is 1. The van der Waals surface area contributed by atoms with Crippen molar-refractivity contribution in [2.45, 2.75) is 38.3 Å². The van der Waals surface area contributed by atoms with Gasteiger partial charge in [0.15, 0.2) is 0 Å². The van der Waals surface area contributed by atoms with Crippen molar-refractivity contribution in [3.8, 4) is 0 Å². The third kappa shape index (κ3) is 2.87. The summed E-state index contributed by atoms with van der Waals surface area (Å²) in [5.74, 6) is 0. The predicted octanol–water partition coefficient (Wildman–Crippen LogP) is 2.82. The highest BCUT2D eigenvalue weighted by Gasteiger charge is 2.25. The van der Waals surface area contributed by atoms with Crippen LogP contribution in [0.2, 0.25) is 0 Å². The highest BCUT2D eigenvalue weighted by atomic mass is 79.9. The summed E-state index contributed by atoms with van der Waals surface area (Å²) in [6.07, 6.45) is 3.75. The van der Waals surface area contributed by atoms with Gasteiger partial charge in [-0.15, -0.1) is 0 Å². The minimum atomic E-state index is 0.0309. The van der Waals surface area contributed by atoms with Gasteiger partial charge >= 0.3 is 0 Å². The molecule has 1 aromatic carbocycles. The fourth-order valence-corrected chi connectivity index (χ4v) is 3.12. The molecule has 1 aromatic rings. The third-order valence-electron chi connectivity index (χ3n) is 3.66. The lowest BCUT2D eigenvalue weighted by atomic mass is 9.91. The quantitative estimate of drug-likeness (QED) is 0.879. The Labute approximate surface area is 117 Å². The van der Waals surface area contributed by atoms with E-state index in [1.165, 1.54) is 24.9 Å². The Morgan fingerprint density at radius 1 is 1.50 bits per heavy atom. The smallest absolute Gasteiger partial charge is 0.0606 e. The molecule has 4 heteroatoms. The van der Waals surface area contributed by atoms with E-state index in [0.717, 1.165) is 10.0 Å². The van der Waals surface area contributed by atoms with Crippen LogP contribution in [0.1, 0.15) is 37.8 Å². The van der Waals surface area contributed by atoms with Crippen molar-refractivity contribution >= 4 is 21.6 Å². The number of hydrogen-bond donors (Lipinski definition) is 2. The zero-order chi connectivity index (χ0) is 13.1. The molecule has 1 aliphatic rings. The van der Waals surface area contributed by atoms with Crippen LogP contribution >= 0.6 is 15.9 Å². The summed E-state index contributed by atoms with van der Waals surface area (Å²) < 4.78 is 1.05. The first-order valence-electron chi connectivity index (χ1n) is 6.56. The Bertz CT molecular complexity index is 405. The Kier molecular flexibility index (Phi) is 4.65. The molecule has 1 unspecified atom stereocenters. The Balaban J connectivity index is 2.22. The van der Waals surface area contributed by atoms with Crippen LogP contribution in [0.5, 0.6) is 0 Å². The van der Waals surface area contributed by atoms with Crippen molar-refractivity contribution in [3.05, 3.63) is 28.2 Å². The lowest BCUT2D eigenvalue weighted by Crippen LogP contribution is -2.42. The van der Waals surface area contributed by atoms with Crippen LogP contribution in [0.3, 0.4) is 0 Å². The van der Waals surface area contributed by atoms with Crippen molar-refractivity contribution in [1.82, 2.24) is 0 Å². The zero-order valence-electron chi connectivity index (χ0n) is 10.8. The minimum absolute atomic E-state index is 0.0309. The standard InChI is InChI=1S/C14H21BrN2O/c1-10(16)13-6-5-12(9-14(13)15)17(7-8-18)11-3-2-4-11/h5-6,9-11,18H,2-4,7-8,16H2,1H3. The number of halogens is 1. The summed E-state index contributed by atoms with van der Waals surface area (Å²) in [5.41, 5.74) is 8.21. The van der Waals surface area contributed by atoms with Crippen molar-refractivity contribution in [2.24, 2.45) is 5.73 Å². The van der Waals surface area contributed by atoms with Crippen LogP contribution in [0, 0.1) is 0 Å². The van der Waals surface area contributed by atoms with Crippen LogP contribution in [0.15, 0.2) is 22.7 Å². The molecule has 1 atom stereocenters. The minimum Gasteiger partial charge on any atom is -0.395 e. The van der Waals surface area contributed by atoms with E-state index < -0.39 is 0 Å². The Morgan fingerprint density at radius 3 is 2.67 bits per heavy atom. The van der Waals surface area contributed by atoms with Gasteiger partial charge in [-0.1, -0.05) is 22.0 Å². The molecule has 0 saturated heterocycles. The molecule has 100 valence electrons. The van der Waals surface area contributed by atoms with Crippen molar-refractivity contribution in [3.63, 3.8) is 0 Å². The molecule has 0 radical (unpaired) electrons. The normalized spacial score (nSPS) is 17.3. The summed E-state index contributed by atoms with van der Waals surface area (Å²) in [6.45, 7) is 2.88. The number of rotatable bonds is 5. The van der Waals surface area contributed by atoms with Gasteiger partial charge in [-0.25, -0.2) is 0 Å². The predicted molar refractivity (Wildman–Crippen MR) is 78.8 cm³/mol. The first-order chi connectivity index (χ1) is 8.63. The monoisotopic (exact) mass is 312 g/mol. The third-order valence-corrected chi connectivity index (χ3v) is 4.35. The molecule has 0 aliphatic heterocycles. The number of aliphatic hydroxyl groups excluding tert-OH is 1. The van der Waals surface area contributed by atoms with E-state index in [9.17, 15) is 5.11 Å². The molecule has 3 nitrogen and oxygen atoms in total. The molecule has 0 bridgehead atoms. The van der Waals surface area contributed by atoms with E-state index in [1.807, 2.05) is 6.92 Å². The van der Waals surface area contributed by atoms with Crippen molar-refractivity contribution < 1.29 is 5.11 Å². The summed E-state index contributed by atoms with van der Waals surface area (Å²) in [4.78, 5) is 2.30. The molecule has 1 aliphatic carbocycles. The maximum atomic E-state index is 9.21. The Morgan fingerprint density at radius 2 is 2.22 bits per heavy atom. The van der Waals surface area contributed by atoms with Crippen LogP contribution in [-0.4, -0.2) is 24.3 Å². The molecule has 18 heavy (non-hydrogen) atoms. The fraction of sp³-hybridized carbons (Fsp3) is 0.571. The zero-order valence-corrected chi connectivity index (χ0v) is 12.4. The lowest BCUT2D eigenvalue weighted by molar-refractivity contribution is 0.283. The molecule has 1 saturated carbocycles.